The van der Waals surface area contributed by atoms with Gasteiger partial charge < -0.3 is 15.2 Å². The molecule has 86 valence electrons. The van der Waals surface area contributed by atoms with Crippen molar-refractivity contribution in [2.24, 2.45) is 5.41 Å². The van der Waals surface area contributed by atoms with E-state index in [0.29, 0.717) is 18.0 Å². The Balaban J connectivity index is 2.15. The van der Waals surface area contributed by atoms with Crippen molar-refractivity contribution in [1.82, 2.24) is 0 Å². The Labute approximate surface area is 94.3 Å². The Morgan fingerprint density at radius 3 is 2.50 bits per heavy atom. The van der Waals surface area contributed by atoms with Crippen molar-refractivity contribution in [2.75, 3.05) is 12.3 Å². The molecular formula is C12H15NO3. The van der Waals surface area contributed by atoms with Crippen LogP contribution < -0.4 is 10.5 Å². The van der Waals surface area contributed by atoms with Crippen LogP contribution in [0.4, 0.5) is 5.69 Å². The van der Waals surface area contributed by atoms with E-state index in [-0.39, 0.29) is 11.4 Å². The van der Waals surface area contributed by atoms with Gasteiger partial charge in [-0.25, -0.2) is 4.79 Å². The molecule has 0 amide bonds. The van der Waals surface area contributed by atoms with Gasteiger partial charge in [0.25, 0.3) is 0 Å². The summed E-state index contributed by atoms with van der Waals surface area (Å²) in [6, 6.07) is 6.97. The molecule has 1 saturated heterocycles. The van der Waals surface area contributed by atoms with Crippen LogP contribution in [0.1, 0.15) is 13.8 Å². The molecule has 1 unspecified atom stereocenters. The second-order valence-corrected chi connectivity index (χ2v) is 4.66. The lowest BCUT2D eigenvalue weighted by molar-refractivity contribution is -0.143. The van der Waals surface area contributed by atoms with Gasteiger partial charge in [0.1, 0.15) is 12.4 Å². The molecule has 1 aliphatic rings. The van der Waals surface area contributed by atoms with E-state index < -0.39 is 6.10 Å². The molecule has 1 atom stereocenters. The number of hydrogen-bond donors (Lipinski definition) is 1. The van der Waals surface area contributed by atoms with Crippen molar-refractivity contribution < 1.29 is 14.3 Å². The van der Waals surface area contributed by atoms with Crippen molar-refractivity contribution >= 4 is 11.7 Å². The summed E-state index contributed by atoms with van der Waals surface area (Å²) in [4.78, 5) is 11.5. The lowest BCUT2D eigenvalue weighted by atomic mass is 9.90. The minimum absolute atomic E-state index is 0.293. The van der Waals surface area contributed by atoms with Gasteiger partial charge in [0.15, 0.2) is 0 Å². The molecule has 1 fully saturated rings. The second kappa shape index (κ2) is 3.70. The van der Waals surface area contributed by atoms with Gasteiger partial charge >= 0.3 is 5.97 Å². The topological polar surface area (TPSA) is 61.5 Å². The highest BCUT2D eigenvalue weighted by Crippen LogP contribution is 2.32. The molecule has 0 aromatic heterocycles. The molecule has 0 bridgehead atoms. The fourth-order valence-corrected chi connectivity index (χ4v) is 1.62. The number of carbonyl (C=O) groups is 1. The molecule has 1 aromatic rings. The Kier molecular flexibility index (Phi) is 2.50. The summed E-state index contributed by atoms with van der Waals surface area (Å²) in [6.45, 7) is 4.28. The van der Waals surface area contributed by atoms with E-state index in [9.17, 15) is 4.79 Å². The van der Waals surface area contributed by atoms with Crippen LogP contribution in [-0.2, 0) is 9.53 Å². The largest absolute Gasteiger partial charge is 0.478 e. The summed E-state index contributed by atoms with van der Waals surface area (Å²) >= 11 is 0. The maximum absolute atomic E-state index is 11.5. The summed E-state index contributed by atoms with van der Waals surface area (Å²) in [7, 11) is 0. The molecule has 2 rings (SSSR count). The van der Waals surface area contributed by atoms with Crippen molar-refractivity contribution in [3.63, 3.8) is 0 Å². The first kappa shape index (κ1) is 10.8. The Hall–Kier alpha value is -1.71. The zero-order chi connectivity index (χ0) is 11.8. The van der Waals surface area contributed by atoms with Crippen molar-refractivity contribution in [3.05, 3.63) is 24.3 Å². The molecular weight excluding hydrogens is 206 g/mol. The molecule has 2 N–H and O–H groups in total. The van der Waals surface area contributed by atoms with Crippen molar-refractivity contribution in [3.8, 4) is 5.75 Å². The van der Waals surface area contributed by atoms with Crippen LogP contribution in [0.25, 0.3) is 0 Å². The number of cyclic esters (lactones) is 1. The molecule has 4 heteroatoms. The highest BCUT2D eigenvalue weighted by atomic mass is 16.6. The second-order valence-electron chi connectivity index (χ2n) is 4.66. The molecule has 4 nitrogen and oxygen atoms in total. The van der Waals surface area contributed by atoms with E-state index in [2.05, 4.69) is 0 Å². The molecule has 1 heterocycles. The van der Waals surface area contributed by atoms with Crippen LogP contribution in [-0.4, -0.2) is 18.7 Å². The normalized spacial score (nSPS) is 22.9. The number of benzene rings is 1. The third-order valence-electron chi connectivity index (χ3n) is 2.64. The highest BCUT2D eigenvalue weighted by Gasteiger charge is 2.45. The number of nitrogens with two attached hydrogens (primary N) is 1. The van der Waals surface area contributed by atoms with E-state index >= 15 is 0 Å². The number of nitrogen functional groups attached to an aromatic ring is 1. The average molecular weight is 221 g/mol. The van der Waals surface area contributed by atoms with Gasteiger partial charge in [-0.05, 0) is 24.3 Å². The number of anilines is 1. The van der Waals surface area contributed by atoms with E-state index in [4.69, 9.17) is 15.2 Å². The van der Waals surface area contributed by atoms with Gasteiger partial charge in [-0.15, -0.1) is 0 Å². The van der Waals surface area contributed by atoms with E-state index in [1.165, 1.54) is 0 Å². The molecule has 1 aromatic carbocycles. The number of esters is 1. The van der Waals surface area contributed by atoms with Crippen LogP contribution in [0.5, 0.6) is 5.75 Å². The number of rotatable bonds is 2. The highest BCUT2D eigenvalue weighted by molar-refractivity contribution is 5.78. The predicted molar refractivity (Wildman–Crippen MR) is 60.0 cm³/mol. The number of carbonyl (C=O) groups excluding carboxylic acids is 1. The zero-order valence-corrected chi connectivity index (χ0v) is 9.40. The molecule has 0 radical (unpaired) electrons. The third-order valence-corrected chi connectivity index (χ3v) is 2.64. The maximum Gasteiger partial charge on any atom is 0.348 e. The fraction of sp³-hybridized carbons (Fsp3) is 0.417. The van der Waals surface area contributed by atoms with Crippen LogP contribution in [0.15, 0.2) is 24.3 Å². The van der Waals surface area contributed by atoms with Gasteiger partial charge in [0, 0.05) is 11.1 Å². The summed E-state index contributed by atoms with van der Waals surface area (Å²) in [5.41, 5.74) is 5.94. The molecule has 0 saturated carbocycles. The van der Waals surface area contributed by atoms with E-state index in [1.54, 1.807) is 24.3 Å². The predicted octanol–water partition coefficient (Wildman–Crippen LogP) is 1.60. The standard InChI is InChI=1S/C12H15NO3/c1-12(2)7-15-11(14)10(12)16-9-5-3-8(13)4-6-9/h3-6,10H,7,13H2,1-2H3. The summed E-state index contributed by atoms with van der Waals surface area (Å²) in [5, 5.41) is 0. The Morgan fingerprint density at radius 2 is 2.00 bits per heavy atom. The smallest absolute Gasteiger partial charge is 0.348 e. The fourth-order valence-electron chi connectivity index (χ4n) is 1.62. The van der Waals surface area contributed by atoms with Gasteiger partial charge in [-0.3, -0.25) is 0 Å². The SMILES string of the molecule is CC1(C)COC(=O)C1Oc1ccc(N)cc1. The number of ether oxygens (including phenoxy) is 2. The monoisotopic (exact) mass is 221 g/mol. The van der Waals surface area contributed by atoms with Gasteiger partial charge in [0.2, 0.25) is 6.10 Å². The molecule has 16 heavy (non-hydrogen) atoms. The van der Waals surface area contributed by atoms with E-state index in [1.807, 2.05) is 13.8 Å². The van der Waals surface area contributed by atoms with Gasteiger partial charge in [0.05, 0.1) is 0 Å². The Bertz CT molecular complexity index is 397. The summed E-state index contributed by atoms with van der Waals surface area (Å²) in [5.74, 6) is 0.327. The Morgan fingerprint density at radius 1 is 1.38 bits per heavy atom. The van der Waals surface area contributed by atoms with Crippen molar-refractivity contribution in [2.45, 2.75) is 20.0 Å². The third kappa shape index (κ3) is 1.96. The first-order valence-electron chi connectivity index (χ1n) is 5.18. The minimum atomic E-state index is -0.545. The molecule has 1 aliphatic heterocycles. The first-order valence-corrected chi connectivity index (χ1v) is 5.18. The van der Waals surface area contributed by atoms with Crippen LogP contribution >= 0.6 is 0 Å². The lowest BCUT2D eigenvalue weighted by Gasteiger charge is -2.22. The van der Waals surface area contributed by atoms with Gasteiger partial charge in [-0.2, -0.15) is 0 Å². The van der Waals surface area contributed by atoms with E-state index in [0.717, 1.165) is 0 Å². The first-order chi connectivity index (χ1) is 7.49. The number of hydrogen-bond acceptors (Lipinski definition) is 4. The van der Waals surface area contributed by atoms with Gasteiger partial charge in [-0.1, -0.05) is 13.8 Å². The minimum Gasteiger partial charge on any atom is -0.478 e. The quantitative estimate of drug-likeness (QED) is 0.608. The zero-order valence-electron chi connectivity index (χ0n) is 9.40. The summed E-state index contributed by atoms with van der Waals surface area (Å²) in [6.07, 6.45) is -0.545. The van der Waals surface area contributed by atoms with Crippen LogP contribution in [0.2, 0.25) is 0 Å². The average Bonchev–Trinajstić information content (AvgIpc) is 2.48. The van der Waals surface area contributed by atoms with Crippen LogP contribution in [0.3, 0.4) is 0 Å². The van der Waals surface area contributed by atoms with Crippen molar-refractivity contribution in [1.29, 1.82) is 0 Å². The van der Waals surface area contributed by atoms with Crippen LogP contribution in [0, 0.1) is 5.41 Å². The maximum atomic E-state index is 11.5. The lowest BCUT2D eigenvalue weighted by Crippen LogP contribution is -2.35. The molecule has 0 spiro atoms. The summed E-state index contributed by atoms with van der Waals surface area (Å²) < 4.78 is 10.6. The molecule has 0 aliphatic carbocycles.